The second-order valence-corrected chi connectivity index (χ2v) is 7.24. The Morgan fingerprint density at radius 3 is 2.26 bits per heavy atom. The summed E-state index contributed by atoms with van der Waals surface area (Å²) in [6, 6.07) is 16.8. The van der Waals surface area contributed by atoms with E-state index in [0.717, 1.165) is 22.6 Å². The summed E-state index contributed by atoms with van der Waals surface area (Å²) in [5, 5.41) is 0.611. The Morgan fingerprint density at radius 2 is 1.67 bits per heavy atom. The van der Waals surface area contributed by atoms with E-state index in [-0.39, 0.29) is 17.7 Å². The molecule has 0 saturated carbocycles. The molecule has 136 valence electrons. The molecule has 0 saturated heterocycles. The number of aromatic nitrogens is 1. The van der Waals surface area contributed by atoms with E-state index in [2.05, 4.69) is 0 Å². The summed E-state index contributed by atoms with van der Waals surface area (Å²) in [5.74, 6) is -0.252. The molecule has 2 heterocycles. The van der Waals surface area contributed by atoms with Crippen LogP contribution in [0.25, 0.3) is 0 Å². The van der Waals surface area contributed by atoms with E-state index < -0.39 is 0 Å². The first-order valence-electron chi connectivity index (χ1n) is 8.76. The number of rotatable bonds is 3. The number of fused-ring (bicyclic) bond motifs is 1. The second kappa shape index (κ2) is 6.39. The smallest absolute Gasteiger partial charge is 0.261 e. The Hall–Kier alpha value is -2.85. The van der Waals surface area contributed by atoms with Gasteiger partial charge >= 0.3 is 0 Å². The van der Waals surface area contributed by atoms with E-state index in [1.807, 2.05) is 61.0 Å². The van der Waals surface area contributed by atoms with Gasteiger partial charge < -0.3 is 4.57 Å². The number of carbonyl (C=O) groups excluding carboxylic acids is 2. The predicted octanol–water partition coefficient (Wildman–Crippen LogP) is 4.94. The molecule has 0 bridgehead atoms. The lowest BCUT2D eigenvalue weighted by Crippen LogP contribution is -2.30. The fraction of sp³-hybridized carbons (Fsp3) is 0.182. The first-order chi connectivity index (χ1) is 12.9. The third kappa shape index (κ3) is 2.60. The van der Waals surface area contributed by atoms with E-state index in [1.54, 1.807) is 17.0 Å². The molecular formula is C22H19ClN2O2. The summed E-state index contributed by atoms with van der Waals surface area (Å²) in [6.07, 6.45) is 0. The van der Waals surface area contributed by atoms with Crippen molar-refractivity contribution < 1.29 is 9.59 Å². The molecule has 1 aliphatic heterocycles. The van der Waals surface area contributed by atoms with Gasteiger partial charge in [-0.3, -0.25) is 14.5 Å². The van der Waals surface area contributed by atoms with E-state index in [0.29, 0.717) is 16.1 Å². The molecule has 1 unspecified atom stereocenters. The SMILES string of the molecule is CC(=O)c1c2c(n(C)c1C)C(c1ccccc1)N(c1ccc(Cl)cc1)C2=O. The van der Waals surface area contributed by atoms with Crippen molar-refractivity contribution in [3.05, 3.63) is 87.7 Å². The molecule has 0 spiro atoms. The zero-order chi connectivity index (χ0) is 19.3. The van der Waals surface area contributed by atoms with Gasteiger partial charge in [-0.25, -0.2) is 0 Å². The van der Waals surface area contributed by atoms with E-state index >= 15 is 0 Å². The molecule has 1 aliphatic rings. The molecule has 0 N–H and O–H groups in total. The third-order valence-electron chi connectivity index (χ3n) is 5.25. The van der Waals surface area contributed by atoms with Crippen LogP contribution in [0, 0.1) is 6.92 Å². The molecule has 1 aromatic heterocycles. The lowest BCUT2D eigenvalue weighted by atomic mass is 10.0. The van der Waals surface area contributed by atoms with E-state index in [1.165, 1.54) is 6.92 Å². The van der Waals surface area contributed by atoms with Crippen LogP contribution in [0.5, 0.6) is 0 Å². The number of hydrogen-bond donors (Lipinski definition) is 0. The highest BCUT2D eigenvalue weighted by atomic mass is 35.5. The van der Waals surface area contributed by atoms with Crippen LogP contribution in [-0.2, 0) is 7.05 Å². The Kier molecular flexibility index (Phi) is 4.16. The van der Waals surface area contributed by atoms with Crippen LogP contribution in [0.15, 0.2) is 54.6 Å². The number of amides is 1. The Labute approximate surface area is 163 Å². The van der Waals surface area contributed by atoms with Crippen molar-refractivity contribution in [1.82, 2.24) is 4.57 Å². The third-order valence-corrected chi connectivity index (χ3v) is 5.51. The Morgan fingerprint density at radius 1 is 1.04 bits per heavy atom. The molecule has 1 atom stereocenters. The average molecular weight is 379 g/mol. The monoisotopic (exact) mass is 378 g/mol. The zero-order valence-electron chi connectivity index (χ0n) is 15.4. The maximum Gasteiger partial charge on any atom is 0.261 e. The van der Waals surface area contributed by atoms with Gasteiger partial charge in [-0.05, 0) is 43.7 Å². The molecule has 4 nitrogen and oxygen atoms in total. The quantitative estimate of drug-likeness (QED) is 0.606. The van der Waals surface area contributed by atoms with Gasteiger partial charge in [-0.1, -0.05) is 41.9 Å². The number of carbonyl (C=O) groups is 2. The number of Topliss-reactive ketones (excluding diaryl/α,β-unsaturated/α-hetero) is 1. The fourth-order valence-electron chi connectivity index (χ4n) is 3.96. The summed E-state index contributed by atoms with van der Waals surface area (Å²) in [6.45, 7) is 3.40. The van der Waals surface area contributed by atoms with Crippen LogP contribution in [0.4, 0.5) is 5.69 Å². The van der Waals surface area contributed by atoms with Gasteiger partial charge in [0.15, 0.2) is 5.78 Å². The zero-order valence-corrected chi connectivity index (χ0v) is 16.1. The number of benzene rings is 2. The van der Waals surface area contributed by atoms with Crippen molar-refractivity contribution in [3.63, 3.8) is 0 Å². The largest absolute Gasteiger partial charge is 0.348 e. The van der Waals surface area contributed by atoms with E-state index in [4.69, 9.17) is 11.6 Å². The summed E-state index contributed by atoms with van der Waals surface area (Å²) >= 11 is 6.04. The highest BCUT2D eigenvalue weighted by Crippen LogP contribution is 2.44. The lowest BCUT2D eigenvalue weighted by Gasteiger charge is -2.27. The Bertz CT molecular complexity index is 1050. The van der Waals surface area contributed by atoms with Crippen molar-refractivity contribution >= 4 is 29.0 Å². The molecule has 1 amide bonds. The normalized spacial score (nSPS) is 15.9. The first kappa shape index (κ1) is 17.6. The van der Waals surface area contributed by atoms with Gasteiger partial charge in [0, 0.05) is 23.5 Å². The van der Waals surface area contributed by atoms with Crippen LogP contribution in [0.2, 0.25) is 5.02 Å². The molecule has 2 aromatic carbocycles. The summed E-state index contributed by atoms with van der Waals surface area (Å²) in [4.78, 5) is 27.6. The van der Waals surface area contributed by atoms with Crippen LogP contribution in [0.3, 0.4) is 0 Å². The van der Waals surface area contributed by atoms with Gasteiger partial charge in [0.2, 0.25) is 0 Å². The van der Waals surface area contributed by atoms with E-state index in [9.17, 15) is 9.59 Å². The standard InChI is InChI=1S/C22H19ClN2O2/c1-13-18(14(2)26)19-21(24(13)3)20(15-7-5-4-6-8-15)25(22(19)27)17-11-9-16(23)10-12-17/h4-12,20H,1-3H3. The number of ketones is 1. The number of nitrogens with zero attached hydrogens (tertiary/aromatic N) is 2. The highest BCUT2D eigenvalue weighted by molar-refractivity contribution is 6.30. The molecule has 0 radical (unpaired) electrons. The van der Waals surface area contributed by atoms with Gasteiger partial charge in [-0.2, -0.15) is 0 Å². The lowest BCUT2D eigenvalue weighted by molar-refractivity contribution is 0.0970. The minimum absolute atomic E-state index is 0.0949. The molecule has 27 heavy (non-hydrogen) atoms. The molecule has 4 rings (SSSR count). The van der Waals surface area contributed by atoms with Crippen molar-refractivity contribution in [2.45, 2.75) is 19.9 Å². The van der Waals surface area contributed by atoms with Crippen molar-refractivity contribution in [1.29, 1.82) is 0 Å². The molecule has 3 aromatic rings. The first-order valence-corrected chi connectivity index (χ1v) is 9.13. The van der Waals surface area contributed by atoms with Gasteiger partial charge in [-0.15, -0.1) is 0 Å². The number of halogens is 1. The maximum absolute atomic E-state index is 13.5. The number of anilines is 1. The Balaban J connectivity index is 2.00. The summed E-state index contributed by atoms with van der Waals surface area (Å²) in [7, 11) is 1.91. The molecule has 0 fully saturated rings. The van der Waals surface area contributed by atoms with Gasteiger partial charge in [0.1, 0.15) is 6.04 Å². The van der Waals surface area contributed by atoms with Crippen LogP contribution in [-0.4, -0.2) is 16.3 Å². The topological polar surface area (TPSA) is 42.3 Å². The minimum Gasteiger partial charge on any atom is -0.348 e. The number of hydrogen-bond acceptors (Lipinski definition) is 2. The van der Waals surface area contributed by atoms with Crippen molar-refractivity contribution in [2.24, 2.45) is 7.05 Å². The summed E-state index contributed by atoms with van der Waals surface area (Å²) < 4.78 is 1.97. The molecular weight excluding hydrogens is 360 g/mol. The van der Waals surface area contributed by atoms with Crippen molar-refractivity contribution in [2.75, 3.05) is 4.90 Å². The van der Waals surface area contributed by atoms with Crippen LogP contribution in [0.1, 0.15) is 50.6 Å². The van der Waals surface area contributed by atoms with Gasteiger partial charge in [0.05, 0.1) is 16.8 Å². The fourth-order valence-corrected chi connectivity index (χ4v) is 4.09. The predicted molar refractivity (Wildman–Crippen MR) is 107 cm³/mol. The molecule has 5 heteroatoms. The van der Waals surface area contributed by atoms with Crippen LogP contribution >= 0.6 is 11.6 Å². The highest BCUT2D eigenvalue weighted by Gasteiger charge is 2.44. The molecule has 0 aliphatic carbocycles. The van der Waals surface area contributed by atoms with Crippen LogP contribution < -0.4 is 4.90 Å². The maximum atomic E-state index is 13.5. The second-order valence-electron chi connectivity index (χ2n) is 6.80. The summed E-state index contributed by atoms with van der Waals surface area (Å²) in [5.41, 5.74) is 4.43. The minimum atomic E-state index is -0.299. The van der Waals surface area contributed by atoms with Gasteiger partial charge in [0.25, 0.3) is 5.91 Å². The average Bonchev–Trinajstić information content (AvgIpc) is 3.09. The van der Waals surface area contributed by atoms with Crippen molar-refractivity contribution in [3.8, 4) is 0 Å².